The van der Waals surface area contributed by atoms with Crippen LogP contribution < -0.4 is 4.74 Å². The second-order valence-corrected chi connectivity index (χ2v) is 7.40. The molecule has 0 spiro atoms. The number of carbonyl (C=O) groups is 1. The molecule has 0 radical (unpaired) electrons. The summed E-state index contributed by atoms with van der Waals surface area (Å²) in [6.45, 7) is 4.52. The van der Waals surface area contributed by atoms with Crippen molar-refractivity contribution in [3.05, 3.63) is 71.6 Å². The molecule has 1 aromatic heterocycles. The lowest BCUT2D eigenvalue weighted by Gasteiger charge is -2.33. The van der Waals surface area contributed by atoms with E-state index in [0.717, 1.165) is 28.3 Å². The van der Waals surface area contributed by atoms with Crippen LogP contribution in [0.2, 0.25) is 0 Å². The molecule has 1 aliphatic rings. The third kappa shape index (κ3) is 5.13. The van der Waals surface area contributed by atoms with Gasteiger partial charge in [-0.15, -0.1) is 0 Å². The fourth-order valence-corrected chi connectivity index (χ4v) is 3.52. The summed E-state index contributed by atoms with van der Waals surface area (Å²) in [4.78, 5) is 18.6. The maximum absolute atomic E-state index is 12.0. The topological polar surface area (TPSA) is 74.0 Å². The van der Waals surface area contributed by atoms with Crippen molar-refractivity contribution in [2.45, 2.75) is 26.1 Å². The van der Waals surface area contributed by atoms with Crippen molar-refractivity contribution in [1.82, 2.24) is 9.88 Å². The number of hydrogen-bond donors (Lipinski definition) is 0. The number of aryl methyl sites for hydroxylation is 1. The number of carbonyl (C=O) groups excluding carboxylic acids is 1. The fraction of sp³-hybridized carbons (Fsp3) is 0.333. The van der Waals surface area contributed by atoms with Crippen LogP contribution in [-0.4, -0.2) is 48.8 Å². The van der Waals surface area contributed by atoms with Crippen LogP contribution in [0.4, 0.5) is 0 Å². The summed E-state index contributed by atoms with van der Waals surface area (Å²) in [6.07, 6.45) is 0. The number of oxazole rings is 1. The van der Waals surface area contributed by atoms with Crippen molar-refractivity contribution < 1.29 is 23.4 Å². The maximum Gasteiger partial charge on any atom is 0.325 e. The van der Waals surface area contributed by atoms with E-state index < -0.39 is 0 Å². The standard InChI is InChI=1S/C24H26N2O5/c1-17-21(25-23(31-17)19-6-4-3-5-7-19)15-30-20-10-8-18(9-11-20)14-26-12-13-29-16-22(26)24(27)28-2/h3-11,22H,12-16H2,1-2H3/t22-/m0/s1. The number of morpholine rings is 1. The average Bonchev–Trinajstić information content (AvgIpc) is 3.19. The third-order valence-corrected chi connectivity index (χ3v) is 5.31. The first-order chi connectivity index (χ1) is 15.1. The zero-order valence-corrected chi connectivity index (χ0v) is 17.7. The van der Waals surface area contributed by atoms with E-state index in [-0.39, 0.29) is 12.0 Å². The van der Waals surface area contributed by atoms with Gasteiger partial charge < -0.3 is 18.6 Å². The molecule has 3 aromatic rings. The minimum atomic E-state index is -0.372. The Labute approximate surface area is 181 Å². The van der Waals surface area contributed by atoms with Crippen LogP contribution in [0.15, 0.2) is 59.0 Å². The number of methoxy groups -OCH3 is 1. The highest BCUT2D eigenvalue weighted by atomic mass is 16.5. The van der Waals surface area contributed by atoms with Crippen LogP contribution in [-0.2, 0) is 27.4 Å². The predicted octanol–water partition coefficient (Wildman–Crippen LogP) is 3.60. The monoisotopic (exact) mass is 422 g/mol. The van der Waals surface area contributed by atoms with Gasteiger partial charge in [0.2, 0.25) is 5.89 Å². The molecule has 4 rings (SSSR count). The fourth-order valence-electron chi connectivity index (χ4n) is 3.52. The van der Waals surface area contributed by atoms with E-state index in [0.29, 0.717) is 38.8 Å². The molecular weight excluding hydrogens is 396 g/mol. The number of esters is 1. The Balaban J connectivity index is 1.36. The van der Waals surface area contributed by atoms with E-state index in [1.165, 1.54) is 7.11 Å². The van der Waals surface area contributed by atoms with E-state index in [4.69, 9.17) is 18.6 Å². The quantitative estimate of drug-likeness (QED) is 0.539. The van der Waals surface area contributed by atoms with Gasteiger partial charge in [-0.2, -0.15) is 0 Å². The lowest BCUT2D eigenvalue weighted by Crippen LogP contribution is -2.49. The summed E-state index contributed by atoms with van der Waals surface area (Å²) in [6, 6.07) is 17.3. The van der Waals surface area contributed by atoms with Gasteiger partial charge in [-0.1, -0.05) is 30.3 Å². The molecule has 1 atom stereocenters. The Morgan fingerprint density at radius 3 is 2.68 bits per heavy atom. The summed E-state index contributed by atoms with van der Waals surface area (Å²) in [7, 11) is 1.40. The molecule has 0 unspecified atom stereocenters. The molecular formula is C24H26N2O5. The Kier molecular flexibility index (Phi) is 6.64. The smallest absolute Gasteiger partial charge is 0.325 e. The van der Waals surface area contributed by atoms with E-state index in [9.17, 15) is 4.79 Å². The lowest BCUT2D eigenvalue weighted by molar-refractivity contribution is -0.153. The van der Waals surface area contributed by atoms with Crippen LogP contribution >= 0.6 is 0 Å². The van der Waals surface area contributed by atoms with E-state index in [1.807, 2.05) is 61.5 Å². The van der Waals surface area contributed by atoms with Gasteiger partial charge in [0.1, 0.15) is 29.9 Å². The lowest BCUT2D eigenvalue weighted by atomic mass is 10.1. The highest BCUT2D eigenvalue weighted by Gasteiger charge is 2.30. The normalized spacial score (nSPS) is 16.8. The Bertz CT molecular complexity index is 1000. The van der Waals surface area contributed by atoms with E-state index in [2.05, 4.69) is 9.88 Å². The van der Waals surface area contributed by atoms with Crippen LogP contribution in [0, 0.1) is 6.92 Å². The van der Waals surface area contributed by atoms with E-state index in [1.54, 1.807) is 0 Å². The van der Waals surface area contributed by atoms with Gasteiger partial charge in [0.05, 0.1) is 20.3 Å². The zero-order chi connectivity index (χ0) is 21.6. The van der Waals surface area contributed by atoms with Crippen LogP contribution in [0.3, 0.4) is 0 Å². The van der Waals surface area contributed by atoms with Gasteiger partial charge in [0.15, 0.2) is 0 Å². The van der Waals surface area contributed by atoms with Crippen LogP contribution in [0.25, 0.3) is 11.5 Å². The molecule has 162 valence electrons. The Morgan fingerprint density at radius 2 is 1.94 bits per heavy atom. The Hall–Kier alpha value is -3.16. The number of ether oxygens (including phenoxy) is 3. The van der Waals surface area contributed by atoms with Crippen molar-refractivity contribution in [2.24, 2.45) is 0 Å². The van der Waals surface area contributed by atoms with Crippen LogP contribution in [0.1, 0.15) is 17.0 Å². The molecule has 1 saturated heterocycles. The molecule has 0 saturated carbocycles. The molecule has 2 heterocycles. The largest absolute Gasteiger partial charge is 0.487 e. The highest BCUT2D eigenvalue weighted by molar-refractivity contribution is 5.75. The summed E-state index contributed by atoms with van der Waals surface area (Å²) < 4.78 is 22.0. The van der Waals surface area contributed by atoms with Crippen LogP contribution in [0.5, 0.6) is 5.75 Å². The van der Waals surface area contributed by atoms with Crippen molar-refractivity contribution >= 4 is 5.97 Å². The molecule has 7 heteroatoms. The molecule has 0 amide bonds. The first kappa shape index (κ1) is 21.1. The molecule has 0 bridgehead atoms. The first-order valence-electron chi connectivity index (χ1n) is 10.3. The Morgan fingerprint density at radius 1 is 1.16 bits per heavy atom. The van der Waals surface area contributed by atoms with E-state index >= 15 is 0 Å². The number of rotatable bonds is 7. The van der Waals surface area contributed by atoms with Gasteiger partial charge in [-0.3, -0.25) is 9.69 Å². The highest BCUT2D eigenvalue weighted by Crippen LogP contribution is 2.23. The first-order valence-corrected chi connectivity index (χ1v) is 10.3. The molecule has 1 aliphatic heterocycles. The number of hydrogen-bond acceptors (Lipinski definition) is 7. The maximum atomic E-state index is 12.0. The second-order valence-electron chi connectivity index (χ2n) is 7.40. The molecule has 0 aliphatic carbocycles. The van der Waals surface area contributed by atoms with Crippen molar-refractivity contribution in [2.75, 3.05) is 26.9 Å². The third-order valence-electron chi connectivity index (χ3n) is 5.31. The minimum absolute atomic E-state index is 0.266. The van der Waals surface area contributed by atoms with Gasteiger partial charge in [-0.25, -0.2) is 4.98 Å². The summed E-state index contributed by atoms with van der Waals surface area (Å²) in [5.41, 5.74) is 2.80. The SMILES string of the molecule is COC(=O)[C@@H]1COCCN1Cc1ccc(OCc2nc(-c3ccccc3)oc2C)cc1. The van der Waals surface area contributed by atoms with Gasteiger partial charge in [0, 0.05) is 18.7 Å². The molecule has 0 N–H and O–H groups in total. The summed E-state index contributed by atoms with van der Waals surface area (Å²) in [5, 5.41) is 0. The van der Waals surface area contributed by atoms with Crippen molar-refractivity contribution in [3.8, 4) is 17.2 Å². The molecule has 1 fully saturated rings. The number of aromatic nitrogens is 1. The van der Waals surface area contributed by atoms with Gasteiger partial charge in [-0.05, 0) is 36.8 Å². The second kappa shape index (κ2) is 9.76. The van der Waals surface area contributed by atoms with Gasteiger partial charge >= 0.3 is 5.97 Å². The summed E-state index contributed by atoms with van der Waals surface area (Å²) >= 11 is 0. The molecule has 31 heavy (non-hydrogen) atoms. The summed E-state index contributed by atoms with van der Waals surface area (Å²) in [5.74, 6) is 1.82. The zero-order valence-electron chi connectivity index (χ0n) is 17.7. The minimum Gasteiger partial charge on any atom is -0.487 e. The average molecular weight is 422 g/mol. The van der Waals surface area contributed by atoms with Crippen molar-refractivity contribution in [1.29, 1.82) is 0 Å². The number of nitrogens with zero attached hydrogens (tertiary/aromatic N) is 2. The van der Waals surface area contributed by atoms with Crippen molar-refractivity contribution in [3.63, 3.8) is 0 Å². The molecule has 7 nitrogen and oxygen atoms in total. The predicted molar refractivity (Wildman–Crippen MR) is 114 cm³/mol. The van der Waals surface area contributed by atoms with Gasteiger partial charge in [0.25, 0.3) is 0 Å². The molecule has 2 aromatic carbocycles. The number of benzene rings is 2.